The smallest absolute Gasteiger partial charge is 0.313 e. The number of hydrogen-bond donors (Lipinski definition) is 0. The Morgan fingerprint density at radius 3 is 2.76 bits per heavy atom. The van der Waals surface area contributed by atoms with Gasteiger partial charge in [-0.3, -0.25) is 9.59 Å². The lowest BCUT2D eigenvalue weighted by Crippen LogP contribution is -2.28. The van der Waals surface area contributed by atoms with E-state index >= 15 is 0 Å². The first-order valence-corrected chi connectivity index (χ1v) is 9.34. The highest BCUT2D eigenvalue weighted by atomic mass is 16.7. The van der Waals surface area contributed by atoms with E-state index in [1.165, 1.54) is 26.4 Å². The third-order valence-corrected chi connectivity index (χ3v) is 4.01. The fraction of sp³-hybridized carbons (Fsp3) is 0.700. The minimum absolute atomic E-state index is 0.148. The maximum atomic E-state index is 12.0. The molecule has 142 valence electrons. The maximum Gasteiger partial charge on any atom is 0.313 e. The van der Waals surface area contributed by atoms with Crippen LogP contribution >= 0.6 is 0 Å². The lowest BCUT2D eigenvalue weighted by molar-refractivity contribution is -0.180. The average molecular weight is 352 g/mol. The summed E-state index contributed by atoms with van der Waals surface area (Å²) >= 11 is 0. The van der Waals surface area contributed by atoms with Crippen molar-refractivity contribution in [3.05, 3.63) is 24.3 Å². The molecule has 0 aliphatic carbocycles. The Balaban J connectivity index is 2.50. The minimum atomic E-state index is -0.516. The third-order valence-electron chi connectivity index (χ3n) is 4.01. The monoisotopic (exact) mass is 352 g/mol. The Morgan fingerprint density at radius 1 is 1.24 bits per heavy atom. The van der Waals surface area contributed by atoms with E-state index in [2.05, 4.69) is 17.7 Å². The zero-order chi connectivity index (χ0) is 18.3. The van der Waals surface area contributed by atoms with Crippen molar-refractivity contribution in [2.75, 3.05) is 13.7 Å². The summed E-state index contributed by atoms with van der Waals surface area (Å²) in [6, 6.07) is 0. The van der Waals surface area contributed by atoms with Gasteiger partial charge in [0.25, 0.3) is 0 Å². The van der Waals surface area contributed by atoms with Gasteiger partial charge in [-0.05, 0) is 32.1 Å². The number of rotatable bonds is 12. The van der Waals surface area contributed by atoms with Crippen LogP contribution in [0.5, 0.6) is 0 Å². The second-order valence-corrected chi connectivity index (χ2v) is 6.28. The predicted molar refractivity (Wildman–Crippen MR) is 97.1 cm³/mol. The summed E-state index contributed by atoms with van der Waals surface area (Å²) in [5.41, 5.74) is 0. The van der Waals surface area contributed by atoms with Crippen molar-refractivity contribution in [2.24, 2.45) is 0 Å². The first-order chi connectivity index (χ1) is 12.2. The summed E-state index contributed by atoms with van der Waals surface area (Å²) < 4.78 is 16.0. The Bertz CT molecular complexity index is 435. The van der Waals surface area contributed by atoms with Crippen LogP contribution in [0.2, 0.25) is 0 Å². The summed E-state index contributed by atoms with van der Waals surface area (Å²) in [6.07, 6.45) is 14.8. The zero-order valence-corrected chi connectivity index (χ0v) is 15.6. The molecule has 0 radical (unpaired) electrons. The Labute approximate surface area is 151 Å². The van der Waals surface area contributed by atoms with Crippen molar-refractivity contribution in [3.63, 3.8) is 0 Å². The lowest BCUT2D eigenvalue weighted by Gasteiger charge is -2.26. The van der Waals surface area contributed by atoms with Crippen LogP contribution in [0.4, 0.5) is 0 Å². The van der Waals surface area contributed by atoms with Gasteiger partial charge in [0.15, 0.2) is 6.29 Å². The molecule has 5 heteroatoms. The van der Waals surface area contributed by atoms with Gasteiger partial charge in [0, 0.05) is 13.0 Å². The van der Waals surface area contributed by atoms with Crippen LogP contribution in [0.15, 0.2) is 24.3 Å². The SMILES string of the molecule is CCCCCC=CC=CC(CC(=O)CC(=O)OC)OC1CCCCO1. The molecule has 0 bridgehead atoms. The van der Waals surface area contributed by atoms with Crippen LogP contribution in [0.25, 0.3) is 0 Å². The molecule has 2 atom stereocenters. The van der Waals surface area contributed by atoms with Crippen LogP contribution in [0, 0.1) is 0 Å². The average Bonchev–Trinajstić information content (AvgIpc) is 2.61. The van der Waals surface area contributed by atoms with Crippen molar-refractivity contribution in [1.82, 2.24) is 0 Å². The fourth-order valence-corrected chi connectivity index (χ4v) is 2.58. The highest BCUT2D eigenvalue weighted by molar-refractivity contribution is 5.95. The summed E-state index contributed by atoms with van der Waals surface area (Å²) in [5, 5.41) is 0. The summed E-state index contributed by atoms with van der Waals surface area (Å²) in [5.74, 6) is -0.707. The van der Waals surface area contributed by atoms with Gasteiger partial charge < -0.3 is 14.2 Å². The van der Waals surface area contributed by atoms with Crippen LogP contribution in [0.3, 0.4) is 0 Å². The summed E-state index contributed by atoms with van der Waals surface area (Å²) in [4.78, 5) is 23.2. The molecule has 0 aromatic heterocycles. The molecule has 0 N–H and O–H groups in total. The molecular formula is C20H32O5. The van der Waals surface area contributed by atoms with Crippen molar-refractivity contribution < 1.29 is 23.8 Å². The second kappa shape index (κ2) is 13.8. The van der Waals surface area contributed by atoms with E-state index < -0.39 is 5.97 Å². The molecule has 1 rings (SSSR count). The molecular weight excluding hydrogens is 320 g/mol. The van der Waals surface area contributed by atoms with Gasteiger partial charge in [0.05, 0.1) is 13.2 Å². The number of carbonyl (C=O) groups excluding carboxylic acids is 2. The van der Waals surface area contributed by atoms with E-state index in [1.54, 1.807) is 0 Å². The number of carbonyl (C=O) groups is 2. The Hall–Kier alpha value is -1.46. The molecule has 1 heterocycles. The third kappa shape index (κ3) is 10.9. The molecule has 1 aliphatic rings. The van der Waals surface area contributed by atoms with E-state index in [-0.39, 0.29) is 31.0 Å². The van der Waals surface area contributed by atoms with Crippen LogP contribution in [-0.2, 0) is 23.8 Å². The first-order valence-electron chi connectivity index (χ1n) is 9.34. The van der Waals surface area contributed by atoms with Gasteiger partial charge in [0.2, 0.25) is 0 Å². The number of hydrogen-bond acceptors (Lipinski definition) is 5. The van der Waals surface area contributed by atoms with Gasteiger partial charge in [-0.25, -0.2) is 0 Å². The van der Waals surface area contributed by atoms with Crippen molar-refractivity contribution >= 4 is 11.8 Å². The van der Waals surface area contributed by atoms with Crippen molar-refractivity contribution in [1.29, 1.82) is 0 Å². The van der Waals surface area contributed by atoms with E-state index in [4.69, 9.17) is 9.47 Å². The standard InChI is InChI=1S/C20H32O5/c1-3-4-5-6-7-8-9-12-18(15-17(21)16-19(22)23-2)25-20-13-10-11-14-24-20/h7-9,12,18,20H,3-6,10-11,13-16H2,1-2H3. The Kier molecular flexibility index (Phi) is 11.9. The maximum absolute atomic E-state index is 12.0. The number of ether oxygens (including phenoxy) is 3. The summed E-state index contributed by atoms with van der Waals surface area (Å²) in [6.45, 7) is 2.87. The number of methoxy groups -OCH3 is 1. The molecule has 0 saturated carbocycles. The van der Waals surface area contributed by atoms with Gasteiger partial charge >= 0.3 is 5.97 Å². The van der Waals surface area contributed by atoms with Crippen molar-refractivity contribution in [3.8, 4) is 0 Å². The van der Waals surface area contributed by atoms with Gasteiger partial charge in [0.1, 0.15) is 12.2 Å². The highest BCUT2D eigenvalue weighted by Crippen LogP contribution is 2.18. The first kappa shape index (κ1) is 21.6. The lowest BCUT2D eigenvalue weighted by atomic mass is 10.1. The number of Topliss-reactive ketones (excluding diaryl/α,β-unsaturated/α-hetero) is 1. The molecule has 1 saturated heterocycles. The number of unbranched alkanes of at least 4 members (excludes halogenated alkanes) is 3. The number of ketones is 1. The van der Waals surface area contributed by atoms with Gasteiger partial charge in [-0.1, -0.05) is 44.1 Å². The van der Waals surface area contributed by atoms with E-state index in [0.717, 1.165) is 25.7 Å². The van der Waals surface area contributed by atoms with Crippen molar-refractivity contribution in [2.45, 2.75) is 77.1 Å². The summed E-state index contributed by atoms with van der Waals surface area (Å²) in [7, 11) is 1.28. The molecule has 0 aromatic carbocycles. The van der Waals surface area contributed by atoms with Crippen LogP contribution < -0.4 is 0 Å². The normalized spacial score (nSPS) is 19.4. The van der Waals surface area contributed by atoms with Crippen LogP contribution in [0.1, 0.15) is 64.7 Å². The fourth-order valence-electron chi connectivity index (χ4n) is 2.58. The quantitative estimate of drug-likeness (QED) is 0.229. The van der Waals surface area contributed by atoms with Gasteiger partial charge in [-0.15, -0.1) is 0 Å². The number of allylic oxidation sites excluding steroid dienone is 3. The zero-order valence-electron chi connectivity index (χ0n) is 15.6. The predicted octanol–water partition coefficient (Wildman–Crippen LogP) is 4.11. The molecule has 5 nitrogen and oxygen atoms in total. The largest absolute Gasteiger partial charge is 0.469 e. The molecule has 0 amide bonds. The molecule has 1 fully saturated rings. The van der Waals surface area contributed by atoms with Crippen LogP contribution in [-0.4, -0.2) is 37.9 Å². The number of esters is 1. The van der Waals surface area contributed by atoms with E-state index in [9.17, 15) is 9.59 Å². The molecule has 1 aliphatic heterocycles. The highest BCUT2D eigenvalue weighted by Gasteiger charge is 2.21. The molecule has 0 aromatic rings. The topological polar surface area (TPSA) is 61.8 Å². The second-order valence-electron chi connectivity index (χ2n) is 6.28. The van der Waals surface area contributed by atoms with Gasteiger partial charge in [-0.2, -0.15) is 0 Å². The molecule has 2 unspecified atom stereocenters. The Morgan fingerprint density at radius 2 is 2.08 bits per heavy atom. The molecule has 0 spiro atoms. The van der Waals surface area contributed by atoms with E-state index in [1.807, 2.05) is 18.2 Å². The minimum Gasteiger partial charge on any atom is -0.469 e. The molecule has 25 heavy (non-hydrogen) atoms. The van der Waals surface area contributed by atoms with E-state index in [0.29, 0.717) is 6.61 Å².